The second kappa shape index (κ2) is 6.74. The van der Waals surface area contributed by atoms with Gasteiger partial charge >= 0.3 is 5.97 Å². The van der Waals surface area contributed by atoms with E-state index < -0.39 is 29.6 Å². The fraction of sp³-hybridized carbons (Fsp3) is 0.773. The molecule has 0 saturated heterocycles. The molecule has 0 aromatic heterocycles. The Labute approximate surface area is 164 Å². The van der Waals surface area contributed by atoms with Gasteiger partial charge in [0.05, 0.1) is 0 Å². The minimum atomic E-state index is -1.49. The van der Waals surface area contributed by atoms with Gasteiger partial charge in [-0.1, -0.05) is 6.92 Å². The largest absolute Gasteiger partial charge is 0.458 e. The molecule has 4 nitrogen and oxygen atoms in total. The summed E-state index contributed by atoms with van der Waals surface area (Å²) < 4.78 is 36.2. The highest BCUT2D eigenvalue weighted by atomic mass is 19.1. The Morgan fingerprint density at radius 3 is 2.68 bits per heavy atom. The Morgan fingerprint density at radius 1 is 1.21 bits per heavy atom. The van der Waals surface area contributed by atoms with E-state index in [1.807, 2.05) is 6.92 Å². The fourth-order valence-corrected chi connectivity index (χ4v) is 6.86. The highest BCUT2D eigenvalue weighted by Gasteiger charge is 2.65. The van der Waals surface area contributed by atoms with Crippen LogP contribution in [0.25, 0.3) is 0 Å². The Balaban J connectivity index is 1.60. The maximum absolute atomic E-state index is 16.4. The van der Waals surface area contributed by atoms with Crippen molar-refractivity contribution in [2.45, 2.75) is 70.6 Å². The number of rotatable bonds is 3. The molecule has 0 amide bonds. The Hall–Kier alpha value is -1.59. The van der Waals surface area contributed by atoms with Gasteiger partial charge in [-0.25, -0.2) is 8.78 Å². The van der Waals surface area contributed by atoms with Crippen LogP contribution in [0.2, 0.25) is 0 Å². The molecule has 0 N–H and O–H groups in total. The monoisotopic (exact) mass is 394 g/mol. The molecule has 0 heterocycles. The first-order chi connectivity index (χ1) is 13.2. The van der Waals surface area contributed by atoms with Gasteiger partial charge in [-0.3, -0.25) is 14.4 Å². The summed E-state index contributed by atoms with van der Waals surface area (Å²) in [6, 6.07) is 0. The summed E-state index contributed by atoms with van der Waals surface area (Å²) in [5, 5.41) is 0. The highest BCUT2D eigenvalue weighted by Crippen LogP contribution is 2.66. The number of Topliss-reactive ketones (excluding diaryl/α,β-unsaturated/α-hetero) is 1. The average Bonchev–Trinajstić information content (AvgIpc) is 2.99. The van der Waals surface area contributed by atoms with Crippen molar-refractivity contribution >= 4 is 17.5 Å². The van der Waals surface area contributed by atoms with E-state index in [1.54, 1.807) is 0 Å². The molecule has 7 atom stereocenters. The smallest absolute Gasteiger partial charge is 0.303 e. The zero-order valence-electron chi connectivity index (χ0n) is 16.5. The zero-order valence-corrected chi connectivity index (χ0v) is 16.5. The van der Waals surface area contributed by atoms with E-state index in [0.29, 0.717) is 37.7 Å². The Kier molecular flexibility index (Phi) is 4.74. The van der Waals surface area contributed by atoms with Crippen LogP contribution in [0.5, 0.6) is 0 Å². The first kappa shape index (κ1) is 19.7. The molecule has 0 aromatic rings. The van der Waals surface area contributed by atoms with E-state index in [1.165, 1.54) is 13.0 Å². The van der Waals surface area contributed by atoms with Gasteiger partial charge in [0, 0.05) is 25.2 Å². The molecule has 0 spiro atoms. The van der Waals surface area contributed by atoms with Gasteiger partial charge < -0.3 is 4.74 Å². The number of esters is 1. The minimum absolute atomic E-state index is 0.0602. The second-order valence-corrected chi connectivity index (χ2v) is 9.43. The Morgan fingerprint density at radius 2 is 1.96 bits per heavy atom. The van der Waals surface area contributed by atoms with E-state index in [9.17, 15) is 18.8 Å². The van der Waals surface area contributed by atoms with Gasteiger partial charge in [-0.2, -0.15) is 0 Å². The summed E-state index contributed by atoms with van der Waals surface area (Å²) in [6.07, 6.45) is 3.03. The predicted octanol–water partition coefficient (Wildman–Crippen LogP) is 3.92. The number of hydrogen-bond acceptors (Lipinski definition) is 4. The second-order valence-electron chi connectivity index (χ2n) is 9.43. The molecule has 0 unspecified atom stereocenters. The molecule has 4 aliphatic rings. The van der Waals surface area contributed by atoms with E-state index in [0.717, 1.165) is 0 Å². The highest BCUT2D eigenvalue weighted by molar-refractivity contribution is 5.91. The minimum Gasteiger partial charge on any atom is -0.458 e. The predicted molar refractivity (Wildman–Crippen MR) is 97.9 cm³/mol. The number of halogens is 2. The lowest BCUT2D eigenvalue weighted by atomic mass is 9.49. The van der Waals surface area contributed by atoms with E-state index in [-0.39, 0.29) is 48.3 Å². The lowest BCUT2D eigenvalue weighted by molar-refractivity contribution is -0.152. The molecular weight excluding hydrogens is 366 g/mol. The summed E-state index contributed by atoms with van der Waals surface area (Å²) >= 11 is 0. The van der Waals surface area contributed by atoms with E-state index in [4.69, 9.17) is 4.74 Å². The Bertz CT molecular complexity index is 747. The van der Waals surface area contributed by atoms with Gasteiger partial charge in [0.2, 0.25) is 0 Å². The molecule has 6 heteroatoms. The zero-order chi connectivity index (χ0) is 20.3. The standard InChI is InChI=1S/C22H28F2O4/c1-12(25)28-11-20(27)17-6-5-16-18-10-19(23)14-9-13(26)3-4-15(14)22(18,24)8-7-21(16,17)2/h9,15-19H,3-8,10-11H2,1-2H3/t15-,16-,17+,18-,19-,21-,22-/m0/s1. The van der Waals surface area contributed by atoms with Crippen LogP contribution in [-0.4, -0.2) is 36.0 Å². The van der Waals surface area contributed by atoms with Gasteiger partial charge in [-0.15, -0.1) is 0 Å². The van der Waals surface area contributed by atoms with Crippen LogP contribution in [0.4, 0.5) is 8.78 Å². The number of carbonyl (C=O) groups is 3. The average molecular weight is 394 g/mol. The quantitative estimate of drug-likeness (QED) is 0.681. The SMILES string of the molecule is CC(=O)OCC(=O)[C@H]1CC[C@H]2[C@@H]3C[C@H](F)C4=CC(=O)CC[C@@H]4[C@@]3(F)CC[C@]12C. The topological polar surface area (TPSA) is 60.4 Å². The van der Waals surface area contributed by atoms with Crippen molar-refractivity contribution in [3.8, 4) is 0 Å². The summed E-state index contributed by atoms with van der Waals surface area (Å²) in [5.41, 5.74) is -1.52. The van der Waals surface area contributed by atoms with Crippen LogP contribution < -0.4 is 0 Å². The summed E-state index contributed by atoms with van der Waals surface area (Å²) in [5.74, 6) is -1.98. The summed E-state index contributed by atoms with van der Waals surface area (Å²) in [6.45, 7) is 3.06. The van der Waals surface area contributed by atoms with Crippen molar-refractivity contribution in [2.75, 3.05) is 6.61 Å². The number of carbonyl (C=O) groups excluding carboxylic acids is 3. The summed E-state index contributed by atoms with van der Waals surface area (Å²) in [4.78, 5) is 35.5. The number of fused-ring (bicyclic) bond motifs is 5. The number of allylic oxidation sites excluding steroid dienone is 1. The number of alkyl halides is 2. The van der Waals surface area contributed by atoms with E-state index in [2.05, 4.69) is 0 Å². The molecule has 0 aliphatic heterocycles. The van der Waals surface area contributed by atoms with Crippen molar-refractivity contribution < 1.29 is 27.9 Å². The first-order valence-electron chi connectivity index (χ1n) is 10.4. The van der Waals surface area contributed by atoms with Crippen LogP contribution in [0, 0.1) is 29.1 Å². The van der Waals surface area contributed by atoms with Crippen LogP contribution in [-0.2, 0) is 19.1 Å². The van der Waals surface area contributed by atoms with Gasteiger partial charge in [0.1, 0.15) is 18.4 Å². The third-order valence-corrected chi connectivity index (χ3v) is 8.18. The maximum atomic E-state index is 16.4. The molecule has 28 heavy (non-hydrogen) atoms. The lowest BCUT2D eigenvalue weighted by Gasteiger charge is -2.57. The van der Waals surface area contributed by atoms with Crippen LogP contribution >= 0.6 is 0 Å². The molecule has 0 aromatic carbocycles. The molecule has 4 aliphatic carbocycles. The van der Waals surface area contributed by atoms with Crippen molar-refractivity contribution in [1.29, 1.82) is 0 Å². The molecule has 3 fully saturated rings. The van der Waals surface area contributed by atoms with Crippen molar-refractivity contribution in [2.24, 2.45) is 29.1 Å². The number of ether oxygens (including phenoxy) is 1. The van der Waals surface area contributed by atoms with Gasteiger partial charge in [0.15, 0.2) is 11.6 Å². The molecule has 0 radical (unpaired) electrons. The fourth-order valence-electron chi connectivity index (χ4n) is 6.86. The third-order valence-electron chi connectivity index (χ3n) is 8.18. The first-order valence-corrected chi connectivity index (χ1v) is 10.4. The number of hydrogen-bond donors (Lipinski definition) is 0. The molecular formula is C22H28F2O4. The maximum Gasteiger partial charge on any atom is 0.303 e. The summed E-state index contributed by atoms with van der Waals surface area (Å²) in [7, 11) is 0. The molecule has 154 valence electrons. The van der Waals surface area contributed by atoms with Gasteiger partial charge in [-0.05, 0) is 67.4 Å². The van der Waals surface area contributed by atoms with Crippen molar-refractivity contribution in [3.05, 3.63) is 11.6 Å². The van der Waals surface area contributed by atoms with Crippen molar-refractivity contribution in [1.82, 2.24) is 0 Å². The van der Waals surface area contributed by atoms with Crippen molar-refractivity contribution in [3.63, 3.8) is 0 Å². The third kappa shape index (κ3) is 2.86. The molecule has 0 bridgehead atoms. The van der Waals surface area contributed by atoms with E-state index >= 15 is 4.39 Å². The normalized spacial score (nSPS) is 44.8. The lowest BCUT2D eigenvalue weighted by Crippen LogP contribution is -2.58. The van der Waals surface area contributed by atoms with Crippen LogP contribution in [0.1, 0.15) is 58.8 Å². The molecule has 3 saturated carbocycles. The van der Waals surface area contributed by atoms with Gasteiger partial charge in [0.25, 0.3) is 0 Å². The number of ketones is 2. The molecule has 4 rings (SSSR count). The van der Waals surface area contributed by atoms with Crippen LogP contribution in [0.15, 0.2) is 11.6 Å². The van der Waals surface area contributed by atoms with Crippen LogP contribution in [0.3, 0.4) is 0 Å².